The molecule has 0 radical (unpaired) electrons. The molecule has 0 spiro atoms. The van der Waals surface area contributed by atoms with Gasteiger partial charge in [0.15, 0.2) is 5.78 Å². The van der Waals surface area contributed by atoms with Gasteiger partial charge in [0.2, 0.25) is 0 Å². The Hall–Kier alpha value is -2.65. The topological polar surface area (TPSA) is 37.3 Å². The summed E-state index contributed by atoms with van der Waals surface area (Å²) in [5.74, 6) is -0.147. The van der Waals surface area contributed by atoms with Gasteiger partial charge in [0.25, 0.3) is 0 Å². The lowest BCUT2D eigenvalue weighted by molar-refractivity contribution is 0.0982. The van der Waals surface area contributed by atoms with Crippen LogP contribution < -0.4 is 0 Å². The van der Waals surface area contributed by atoms with Crippen molar-refractivity contribution in [2.75, 3.05) is 0 Å². The van der Waals surface area contributed by atoms with Gasteiger partial charge in [0.1, 0.15) is 11.6 Å². The van der Waals surface area contributed by atoms with Crippen LogP contribution in [-0.4, -0.2) is 10.9 Å². The Balaban J connectivity index is 1.79. The van der Waals surface area contributed by atoms with Gasteiger partial charge in [-0.1, -0.05) is 54.6 Å². The number of Topliss-reactive ketones (excluding diaryl/α,β-unsaturated/α-hetero) is 1. The Morgan fingerprint density at radius 1 is 0.923 bits per heavy atom. The van der Waals surface area contributed by atoms with Crippen LogP contribution in [0.15, 0.2) is 66.7 Å². The quantitative estimate of drug-likeness (QED) is 0.444. The number of halogens is 2. The molecule has 3 aromatic rings. The Morgan fingerprint density at radius 2 is 1.62 bits per heavy atom. The van der Waals surface area contributed by atoms with Crippen LogP contribution in [0.25, 0.3) is 11.1 Å². The summed E-state index contributed by atoms with van der Waals surface area (Å²) in [4.78, 5) is 12.5. The van der Waals surface area contributed by atoms with Crippen LogP contribution in [0.4, 0.5) is 4.39 Å². The van der Waals surface area contributed by atoms with Gasteiger partial charge in [-0.3, -0.25) is 4.79 Å². The Kier molecular flexibility index (Phi) is 5.69. The van der Waals surface area contributed by atoms with Crippen molar-refractivity contribution < 1.29 is 14.3 Å². The standard InChI is InChI=1S/C22H18ClFO2/c23-14-17-10-9-16(13-22(17)26)21(25)12-11-15-5-1-2-6-18(15)19-7-3-4-8-20(19)24/h1-10,13,26H,11-12,14H2. The van der Waals surface area contributed by atoms with Crippen LogP contribution in [-0.2, 0) is 12.3 Å². The highest BCUT2D eigenvalue weighted by Gasteiger charge is 2.13. The second kappa shape index (κ2) is 8.15. The normalized spacial score (nSPS) is 10.7. The summed E-state index contributed by atoms with van der Waals surface area (Å²) < 4.78 is 14.1. The van der Waals surface area contributed by atoms with Crippen molar-refractivity contribution in [3.8, 4) is 16.9 Å². The van der Waals surface area contributed by atoms with E-state index in [-0.39, 0.29) is 29.7 Å². The van der Waals surface area contributed by atoms with Crippen LogP contribution >= 0.6 is 11.6 Å². The number of hydrogen-bond donors (Lipinski definition) is 1. The van der Waals surface area contributed by atoms with Crippen molar-refractivity contribution in [1.82, 2.24) is 0 Å². The molecular weight excluding hydrogens is 351 g/mol. The van der Waals surface area contributed by atoms with Gasteiger partial charge in [-0.15, -0.1) is 11.6 Å². The number of ketones is 1. The average Bonchev–Trinajstić information content (AvgIpc) is 2.67. The highest BCUT2D eigenvalue weighted by Crippen LogP contribution is 2.28. The first-order chi connectivity index (χ1) is 12.6. The van der Waals surface area contributed by atoms with Gasteiger partial charge in [-0.05, 0) is 29.7 Å². The van der Waals surface area contributed by atoms with Crippen molar-refractivity contribution in [2.24, 2.45) is 0 Å². The minimum atomic E-state index is -0.284. The van der Waals surface area contributed by atoms with E-state index in [4.69, 9.17) is 11.6 Å². The number of phenolic OH excluding ortho intramolecular Hbond substituents is 1. The van der Waals surface area contributed by atoms with Crippen molar-refractivity contribution >= 4 is 17.4 Å². The first kappa shape index (κ1) is 18.2. The first-order valence-electron chi connectivity index (χ1n) is 8.34. The molecule has 3 aromatic carbocycles. The molecule has 26 heavy (non-hydrogen) atoms. The van der Waals surface area contributed by atoms with Gasteiger partial charge in [0, 0.05) is 23.1 Å². The predicted molar refractivity (Wildman–Crippen MR) is 102 cm³/mol. The van der Waals surface area contributed by atoms with Gasteiger partial charge in [-0.2, -0.15) is 0 Å². The molecule has 0 saturated carbocycles. The lowest BCUT2D eigenvalue weighted by Crippen LogP contribution is -2.02. The fourth-order valence-corrected chi connectivity index (χ4v) is 3.15. The van der Waals surface area contributed by atoms with Gasteiger partial charge >= 0.3 is 0 Å². The number of aromatic hydroxyl groups is 1. The van der Waals surface area contributed by atoms with Gasteiger partial charge in [0.05, 0.1) is 5.88 Å². The van der Waals surface area contributed by atoms with Gasteiger partial charge in [-0.25, -0.2) is 4.39 Å². The average molecular weight is 369 g/mol. The van der Waals surface area contributed by atoms with E-state index < -0.39 is 0 Å². The number of alkyl halides is 1. The Bertz CT molecular complexity index is 937. The monoisotopic (exact) mass is 368 g/mol. The number of phenols is 1. The van der Waals surface area contributed by atoms with Crippen molar-refractivity contribution in [3.63, 3.8) is 0 Å². The SMILES string of the molecule is O=C(CCc1ccccc1-c1ccccc1F)c1ccc(CCl)c(O)c1. The lowest BCUT2D eigenvalue weighted by atomic mass is 9.94. The maximum absolute atomic E-state index is 14.1. The smallest absolute Gasteiger partial charge is 0.163 e. The molecule has 0 aromatic heterocycles. The van der Waals surface area contributed by atoms with E-state index in [0.717, 1.165) is 11.1 Å². The van der Waals surface area contributed by atoms with Crippen LogP contribution in [0.2, 0.25) is 0 Å². The number of benzene rings is 3. The van der Waals surface area contributed by atoms with E-state index in [2.05, 4.69) is 0 Å². The highest BCUT2D eigenvalue weighted by atomic mass is 35.5. The van der Waals surface area contributed by atoms with Crippen molar-refractivity contribution in [3.05, 3.63) is 89.2 Å². The van der Waals surface area contributed by atoms with Crippen molar-refractivity contribution in [2.45, 2.75) is 18.7 Å². The molecule has 0 aliphatic heterocycles. The second-order valence-corrected chi connectivity index (χ2v) is 6.30. The molecule has 0 bridgehead atoms. The fourth-order valence-electron chi connectivity index (χ4n) is 2.92. The Labute approximate surface area is 156 Å². The summed E-state index contributed by atoms with van der Waals surface area (Å²) in [6.07, 6.45) is 0.756. The minimum absolute atomic E-state index is 0.0256. The number of rotatable bonds is 6. The molecule has 2 nitrogen and oxygen atoms in total. The number of carbonyl (C=O) groups excluding carboxylic acids is 1. The third-order valence-corrected chi connectivity index (χ3v) is 4.64. The molecule has 0 unspecified atom stereocenters. The molecule has 0 amide bonds. The van der Waals surface area contributed by atoms with Crippen LogP contribution in [0.1, 0.15) is 27.9 Å². The number of aryl methyl sites for hydroxylation is 1. The molecular formula is C22H18ClFO2. The van der Waals surface area contributed by atoms with E-state index in [1.165, 1.54) is 12.1 Å². The molecule has 132 valence electrons. The number of hydrogen-bond acceptors (Lipinski definition) is 2. The summed E-state index contributed by atoms with van der Waals surface area (Å²) in [6.45, 7) is 0. The molecule has 0 aliphatic carbocycles. The molecule has 4 heteroatoms. The lowest BCUT2D eigenvalue weighted by Gasteiger charge is -2.11. The summed E-state index contributed by atoms with van der Waals surface area (Å²) in [6, 6.07) is 18.9. The van der Waals surface area contributed by atoms with E-state index >= 15 is 0 Å². The van der Waals surface area contributed by atoms with E-state index in [0.29, 0.717) is 23.1 Å². The zero-order valence-corrected chi connectivity index (χ0v) is 14.8. The molecule has 0 aliphatic rings. The molecule has 3 rings (SSSR count). The van der Waals surface area contributed by atoms with Gasteiger partial charge < -0.3 is 5.11 Å². The van der Waals surface area contributed by atoms with Crippen LogP contribution in [0, 0.1) is 5.82 Å². The first-order valence-corrected chi connectivity index (χ1v) is 8.87. The van der Waals surface area contributed by atoms with E-state index in [1.54, 1.807) is 30.3 Å². The predicted octanol–water partition coefficient (Wildman–Crippen LogP) is 5.75. The molecule has 0 fully saturated rings. The zero-order valence-electron chi connectivity index (χ0n) is 14.1. The number of carbonyl (C=O) groups is 1. The summed E-state index contributed by atoms with van der Waals surface area (Å²) >= 11 is 5.72. The van der Waals surface area contributed by atoms with Crippen LogP contribution in [0.3, 0.4) is 0 Å². The molecule has 1 N–H and O–H groups in total. The zero-order chi connectivity index (χ0) is 18.5. The molecule has 0 atom stereocenters. The van der Waals surface area contributed by atoms with E-state index in [1.807, 2.05) is 24.3 Å². The third-order valence-electron chi connectivity index (χ3n) is 4.35. The Morgan fingerprint density at radius 3 is 2.31 bits per heavy atom. The maximum atomic E-state index is 14.1. The minimum Gasteiger partial charge on any atom is -0.508 e. The van der Waals surface area contributed by atoms with E-state index in [9.17, 15) is 14.3 Å². The summed E-state index contributed by atoms with van der Waals surface area (Å²) in [7, 11) is 0. The molecule has 0 saturated heterocycles. The van der Waals surface area contributed by atoms with Crippen molar-refractivity contribution in [1.29, 1.82) is 0 Å². The maximum Gasteiger partial charge on any atom is 0.163 e. The highest BCUT2D eigenvalue weighted by molar-refractivity contribution is 6.17. The fraction of sp³-hybridized carbons (Fsp3) is 0.136. The summed E-state index contributed by atoms with van der Waals surface area (Å²) in [5, 5.41) is 9.87. The molecule has 0 heterocycles. The van der Waals surface area contributed by atoms with Crippen LogP contribution in [0.5, 0.6) is 5.75 Å². The second-order valence-electron chi connectivity index (χ2n) is 6.04. The largest absolute Gasteiger partial charge is 0.508 e. The summed E-state index contributed by atoms with van der Waals surface area (Å²) in [5.41, 5.74) is 3.26. The third kappa shape index (κ3) is 3.94.